The average molecular weight is 431 g/mol. The van der Waals surface area contributed by atoms with Crippen LogP contribution in [0, 0.1) is 22.6 Å². The van der Waals surface area contributed by atoms with Crippen molar-refractivity contribution in [2.45, 2.75) is 82.6 Å². The van der Waals surface area contributed by atoms with E-state index >= 15 is 0 Å². The molecule has 0 amide bonds. The standard InChI is InChI=1S/C26H35FO2S/c1-6-7-19-16-25(2,3)17-22(18-26(19,4)5)29-21-10-14-24(15-11-21)30(28)23-12-8-20(27)9-13-23/h8-15,19,22H,6-7,16-18H2,1-5H3. The Hall–Kier alpha value is -1.68. The highest BCUT2D eigenvalue weighted by Gasteiger charge is 2.41. The molecule has 0 saturated heterocycles. The second-order valence-electron chi connectivity index (χ2n) is 10.2. The minimum absolute atomic E-state index is 0.172. The van der Waals surface area contributed by atoms with Crippen molar-refractivity contribution in [2.24, 2.45) is 16.7 Å². The maximum atomic E-state index is 13.1. The smallest absolute Gasteiger partial charge is 0.123 e. The van der Waals surface area contributed by atoms with Crippen LogP contribution in [0.4, 0.5) is 4.39 Å². The predicted octanol–water partition coefficient (Wildman–Crippen LogP) is 7.39. The van der Waals surface area contributed by atoms with E-state index in [0.717, 1.165) is 18.6 Å². The molecule has 0 radical (unpaired) electrons. The third-order valence-corrected chi connectivity index (χ3v) is 7.84. The molecule has 1 aliphatic carbocycles. The molecule has 0 aliphatic heterocycles. The minimum Gasteiger partial charge on any atom is -0.490 e. The Balaban J connectivity index is 1.72. The Kier molecular flexibility index (Phi) is 7.06. The van der Waals surface area contributed by atoms with Gasteiger partial charge < -0.3 is 4.74 Å². The van der Waals surface area contributed by atoms with Crippen LogP contribution in [0.15, 0.2) is 58.3 Å². The van der Waals surface area contributed by atoms with E-state index in [1.165, 1.54) is 31.4 Å². The van der Waals surface area contributed by atoms with E-state index in [1.54, 1.807) is 12.1 Å². The van der Waals surface area contributed by atoms with E-state index in [4.69, 9.17) is 4.74 Å². The summed E-state index contributed by atoms with van der Waals surface area (Å²) in [5.41, 5.74) is 0.501. The summed E-state index contributed by atoms with van der Waals surface area (Å²) in [6.45, 7) is 11.8. The van der Waals surface area contributed by atoms with Gasteiger partial charge in [0.15, 0.2) is 0 Å². The second-order valence-corrected chi connectivity index (χ2v) is 11.7. The van der Waals surface area contributed by atoms with Gasteiger partial charge in [0.1, 0.15) is 11.6 Å². The molecular formula is C26H35FO2S. The van der Waals surface area contributed by atoms with Crippen LogP contribution in [-0.4, -0.2) is 10.3 Å². The Labute approximate surface area is 183 Å². The van der Waals surface area contributed by atoms with Gasteiger partial charge in [0.05, 0.1) is 16.9 Å². The molecule has 3 atom stereocenters. The molecule has 1 fully saturated rings. The predicted molar refractivity (Wildman–Crippen MR) is 122 cm³/mol. The fourth-order valence-corrected chi connectivity index (χ4v) is 5.96. The first-order chi connectivity index (χ1) is 14.1. The molecule has 2 aromatic carbocycles. The quantitative estimate of drug-likeness (QED) is 0.447. The summed E-state index contributed by atoms with van der Waals surface area (Å²) < 4.78 is 32.3. The van der Waals surface area contributed by atoms with Crippen molar-refractivity contribution < 1.29 is 13.3 Å². The molecular weight excluding hydrogens is 395 g/mol. The Bertz CT molecular complexity index is 856. The largest absolute Gasteiger partial charge is 0.490 e. The first-order valence-corrected chi connectivity index (χ1v) is 12.2. The molecule has 3 unspecified atom stereocenters. The zero-order chi connectivity index (χ0) is 21.9. The number of benzene rings is 2. The summed E-state index contributed by atoms with van der Waals surface area (Å²) in [7, 11) is -1.33. The zero-order valence-electron chi connectivity index (χ0n) is 18.9. The topological polar surface area (TPSA) is 26.3 Å². The summed E-state index contributed by atoms with van der Waals surface area (Å²) in [5, 5.41) is 0. The Morgan fingerprint density at radius 1 is 0.933 bits per heavy atom. The molecule has 0 spiro atoms. The average Bonchev–Trinajstić information content (AvgIpc) is 2.75. The molecule has 30 heavy (non-hydrogen) atoms. The van der Waals surface area contributed by atoms with Crippen molar-refractivity contribution in [3.63, 3.8) is 0 Å². The fraction of sp³-hybridized carbons (Fsp3) is 0.538. The van der Waals surface area contributed by atoms with Crippen LogP contribution in [0.25, 0.3) is 0 Å². The maximum Gasteiger partial charge on any atom is 0.123 e. The molecule has 0 aromatic heterocycles. The molecule has 164 valence electrons. The molecule has 4 heteroatoms. The summed E-state index contributed by atoms with van der Waals surface area (Å²) in [6.07, 6.45) is 5.99. The molecule has 0 bridgehead atoms. The van der Waals surface area contributed by atoms with E-state index in [0.29, 0.717) is 15.7 Å². The van der Waals surface area contributed by atoms with Crippen molar-refractivity contribution >= 4 is 10.8 Å². The molecule has 0 N–H and O–H groups in total. The van der Waals surface area contributed by atoms with Crippen LogP contribution in [0.1, 0.15) is 66.7 Å². The van der Waals surface area contributed by atoms with E-state index in [-0.39, 0.29) is 22.8 Å². The van der Waals surface area contributed by atoms with Gasteiger partial charge in [-0.25, -0.2) is 8.60 Å². The molecule has 1 aliphatic rings. The third-order valence-electron chi connectivity index (χ3n) is 6.44. The molecule has 1 saturated carbocycles. The summed E-state index contributed by atoms with van der Waals surface area (Å²) >= 11 is 0. The minimum atomic E-state index is -1.33. The lowest BCUT2D eigenvalue weighted by molar-refractivity contribution is 0.106. The van der Waals surface area contributed by atoms with Crippen molar-refractivity contribution in [3.8, 4) is 5.75 Å². The highest BCUT2D eigenvalue weighted by molar-refractivity contribution is 7.85. The first kappa shape index (κ1) is 23.0. The monoisotopic (exact) mass is 430 g/mol. The number of hydrogen-bond acceptors (Lipinski definition) is 2. The van der Waals surface area contributed by atoms with E-state index in [2.05, 4.69) is 34.6 Å². The van der Waals surface area contributed by atoms with Gasteiger partial charge in [-0.1, -0.05) is 47.5 Å². The van der Waals surface area contributed by atoms with E-state index in [1.807, 2.05) is 24.3 Å². The van der Waals surface area contributed by atoms with E-state index < -0.39 is 10.8 Å². The number of rotatable bonds is 6. The number of halogens is 1. The van der Waals surface area contributed by atoms with Crippen LogP contribution in [0.3, 0.4) is 0 Å². The molecule has 2 aromatic rings. The van der Waals surface area contributed by atoms with Gasteiger partial charge in [0, 0.05) is 9.79 Å². The Morgan fingerprint density at radius 2 is 1.50 bits per heavy atom. The normalized spacial score (nSPS) is 24.1. The molecule has 2 nitrogen and oxygen atoms in total. The lowest BCUT2D eigenvalue weighted by Crippen LogP contribution is -2.28. The van der Waals surface area contributed by atoms with E-state index in [9.17, 15) is 8.60 Å². The molecule has 0 heterocycles. The van der Waals surface area contributed by atoms with Crippen molar-refractivity contribution in [1.82, 2.24) is 0 Å². The lowest BCUT2D eigenvalue weighted by atomic mass is 9.70. The number of ether oxygens (including phenoxy) is 1. The van der Waals surface area contributed by atoms with Gasteiger partial charge in [-0.2, -0.15) is 0 Å². The van der Waals surface area contributed by atoms with Crippen molar-refractivity contribution in [3.05, 3.63) is 54.3 Å². The summed E-state index contributed by atoms with van der Waals surface area (Å²) in [4.78, 5) is 1.29. The molecule has 3 rings (SSSR count). The van der Waals surface area contributed by atoms with Crippen LogP contribution in [0.2, 0.25) is 0 Å². The summed E-state index contributed by atoms with van der Waals surface area (Å²) in [6, 6.07) is 13.3. The lowest BCUT2D eigenvalue weighted by Gasteiger charge is -2.35. The Morgan fingerprint density at radius 3 is 2.07 bits per heavy atom. The van der Waals surface area contributed by atoms with Crippen LogP contribution in [-0.2, 0) is 10.8 Å². The first-order valence-electron chi connectivity index (χ1n) is 11.0. The van der Waals surface area contributed by atoms with Gasteiger partial charge in [0.2, 0.25) is 0 Å². The van der Waals surface area contributed by atoms with Crippen LogP contribution in [0.5, 0.6) is 5.75 Å². The zero-order valence-corrected chi connectivity index (χ0v) is 19.7. The van der Waals surface area contributed by atoms with Gasteiger partial charge >= 0.3 is 0 Å². The maximum absolute atomic E-state index is 13.1. The van der Waals surface area contributed by atoms with Gasteiger partial charge in [0.25, 0.3) is 0 Å². The number of hydrogen-bond donors (Lipinski definition) is 0. The summed E-state index contributed by atoms with van der Waals surface area (Å²) in [5.74, 6) is 1.21. The second kappa shape index (κ2) is 9.21. The van der Waals surface area contributed by atoms with Crippen LogP contribution >= 0.6 is 0 Å². The van der Waals surface area contributed by atoms with Crippen molar-refractivity contribution in [1.29, 1.82) is 0 Å². The van der Waals surface area contributed by atoms with Gasteiger partial charge in [-0.05, 0) is 84.5 Å². The van der Waals surface area contributed by atoms with Gasteiger partial charge in [-0.15, -0.1) is 0 Å². The van der Waals surface area contributed by atoms with Crippen molar-refractivity contribution in [2.75, 3.05) is 0 Å². The third kappa shape index (κ3) is 5.72. The SMILES string of the molecule is CCCC1CC(C)(C)CC(Oc2ccc(S(=O)c3ccc(F)cc3)cc2)CC1(C)C. The highest BCUT2D eigenvalue weighted by Crippen LogP contribution is 2.48. The highest BCUT2D eigenvalue weighted by atomic mass is 32.2. The van der Waals surface area contributed by atoms with Crippen LogP contribution < -0.4 is 4.74 Å². The van der Waals surface area contributed by atoms with Gasteiger partial charge in [-0.3, -0.25) is 0 Å². The fourth-order valence-electron chi connectivity index (χ4n) is 4.92.